The van der Waals surface area contributed by atoms with E-state index in [4.69, 9.17) is 0 Å². The van der Waals surface area contributed by atoms with Gasteiger partial charge >= 0.3 is 0 Å². The van der Waals surface area contributed by atoms with Crippen LogP contribution in [0.4, 0.5) is 5.69 Å². The molecule has 0 aliphatic rings. The summed E-state index contributed by atoms with van der Waals surface area (Å²) >= 11 is 3.49. The lowest BCUT2D eigenvalue weighted by molar-refractivity contribution is -0.115. The third-order valence-corrected chi connectivity index (χ3v) is 3.55. The van der Waals surface area contributed by atoms with Crippen LogP contribution in [0.1, 0.15) is 11.1 Å². The van der Waals surface area contributed by atoms with Crippen LogP contribution in [0.5, 0.6) is 0 Å². The Balaban J connectivity index is 2.62. The molecule has 0 fully saturated rings. The molecule has 0 aliphatic carbocycles. The van der Waals surface area contributed by atoms with Crippen LogP contribution >= 0.6 is 15.9 Å². The molecule has 0 aliphatic heterocycles. The van der Waals surface area contributed by atoms with E-state index in [0.717, 1.165) is 21.3 Å². The van der Waals surface area contributed by atoms with Crippen molar-refractivity contribution in [3.05, 3.63) is 40.4 Å². The first-order valence-corrected chi connectivity index (χ1v) is 6.22. The van der Waals surface area contributed by atoms with Gasteiger partial charge in [-0.25, -0.2) is 0 Å². The summed E-state index contributed by atoms with van der Waals surface area (Å²) in [4.78, 5) is 11.6. The van der Waals surface area contributed by atoms with Gasteiger partial charge in [-0.2, -0.15) is 0 Å². The van der Waals surface area contributed by atoms with E-state index in [1.165, 1.54) is 0 Å². The predicted octanol–water partition coefficient (Wildman–Crippen LogP) is 2.78. The lowest BCUT2D eigenvalue weighted by Gasteiger charge is -2.09. The maximum atomic E-state index is 11.6. The number of nitrogens with one attached hydrogen (secondary N) is 2. The lowest BCUT2D eigenvalue weighted by atomic mass is 10.1. The molecule has 0 radical (unpaired) electrons. The van der Waals surface area contributed by atoms with Crippen molar-refractivity contribution >= 4 is 27.5 Å². The van der Waals surface area contributed by atoms with E-state index in [2.05, 4.69) is 33.1 Å². The van der Waals surface area contributed by atoms with Crippen LogP contribution in [0, 0.1) is 13.8 Å². The fourth-order valence-electron chi connectivity index (χ4n) is 1.51. The van der Waals surface area contributed by atoms with Gasteiger partial charge in [0.2, 0.25) is 5.91 Å². The van der Waals surface area contributed by atoms with Crippen molar-refractivity contribution in [2.45, 2.75) is 13.8 Å². The highest BCUT2D eigenvalue weighted by atomic mass is 79.9. The molecular weight excluding hydrogens is 280 g/mol. The maximum Gasteiger partial charge on any atom is 0.238 e. The van der Waals surface area contributed by atoms with Crippen LogP contribution < -0.4 is 10.6 Å². The van der Waals surface area contributed by atoms with Crippen molar-refractivity contribution in [1.82, 2.24) is 5.32 Å². The molecule has 1 amide bonds. The summed E-state index contributed by atoms with van der Waals surface area (Å²) in [6.07, 6.45) is 1.72. The molecule has 0 spiro atoms. The van der Waals surface area contributed by atoms with Crippen LogP contribution in [0.25, 0.3) is 0 Å². The predicted molar refractivity (Wildman–Crippen MR) is 75.3 cm³/mol. The molecule has 0 saturated carbocycles. The van der Waals surface area contributed by atoms with Crippen molar-refractivity contribution in [1.29, 1.82) is 0 Å². The van der Waals surface area contributed by atoms with Crippen LogP contribution in [0.15, 0.2) is 29.3 Å². The first-order chi connectivity index (χ1) is 8.04. The Morgan fingerprint density at radius 3 is 2.53 bits per heavy atom. The topological polar surface area (TPSA) is 41.1 Å². The van der Waals surface area contributed by atoms with Gasteiger partial charge in [-0.3, -0.25) is 4.79 Å². The first-order valence-electron chi connectivity index (χ1n) is 5.42. The van der Waals surface area contributed by atoms with E-state index in [0.29, 0.717) is 13.1 Å². The van der Waals surface area contributed by atoms with Crippen LogP contribution in [0.3, 0.4) is 0 Å². The van der Waals surface area contributed by atoms with Crippen molar-refractivity contribution < 1.29 is 4.79 Å². The molecule has 0 heterocycles. The smallest absolute Gasteiger partial charge is 0.238 e. The van der Waals surface area contributed by atoms with E-state index < -0.39 is 0 Å². The Bertz CT molecular complexity index is 406. The summed E-state index contributed by atoms with van der Waals surface area (Å²) in [6, 6.07) is 3.89. The standard InChI is InChI=1S/C13H17BrN2O/c1-4-5-15-8-12(17)16-11-6-9(2)13(14)10(3)7-11/h4,6-7,15H,1,5,8H2,2-3H3,(H,16,17). The minimum absolute atomic E-state index is 0.0482. The Hall–Kier alpha value is -1.13. The number of benzene rings is 1. The second kappa shape index (κ2) is 6.57. The average Bonchev–Trinajstić information content (AvgIpc) is 2.26. The summed E-state index contributed by atoms with van der Waals surface area (Å²) < 4.78 is 1.08. The minimum atomic E-state index is -0.0482. The van der Waals surface area contributed by atoms with Crippen molar-refractivity contribution in [3.63, 3.8) is 0 Å². The zero-order valence-electron chi connectivity index (χ0n) is 10.1. The Labute approximate surface area is 110 Å². The van der Waals surface area contributed by atoms with Crippen LogP contribution in [-0.4, -0.2) is 19.0 Å². The molecule has 4 heteroatoms. The van der Waals surface area contributed by atoms with E-state index in [1.807, 2.05) is 26.0 Å². The molecule has 3 nitrogen and oxygen atoms in total. The Morgan fingerprint density at radius 2 is 2.00 bits per heavy atom. The molecule has 92 valence electrons. The molecule has 1 aromatic carbocycles. The van der Waals surface area contributed by atoms with Gasteiger partial charge in [-0.15, -0.1) is 6.58 Å². The number of hydrogen-bond donors (Lipinski definition) is 2. The molecular formula is C13H17BrN2O. The second-order valence-electron chi connectivity index (χ2n) is 3.89. The highest BCUT2D eigenvalue weighted by Crippen LogP contribution is 2.24. The number of halogens is 1. The fourth-order valence-corrected chi connectivity index (χ4v) is 1.74. The number of hydrogen-bond acceptors (Lipinski definition) is 2. The number of anilines is 1. The van der Waals surface area contributed by atoms with Crippen LogP contribution in [-0.2, 0) is 4.79 Å². The zero-order chi connectivity index (χ0) is 12.8. The molecule has 0 atom stereocenters. The van der Waals surface area contributed by atoms with E-state index in [-0.39, 0.29) is 5.91 Å². The summed E-state index contributed by atoms with van der Waals surface area (Å²) in [7, 11) is 0. The van der Waals surface area contributed by atoms with Gasteiger partial charge in [0.05, 0.1) is 6.54 Å². The molecule has 0 aromatic heterocycles. The lowest BCUT2D eigenvalue weighted by Crippen LogP contribution is -2.28. The summed E-state index contributed by atoms with van der Waals surface area (Å²) in [6.45, 7) is 8.50. The molecule has 0 unspecified atom stereocenters. The van der Waals surface area contributed by atoms with Crippen molar-refractivity contribution in [2.24, 2.45) is 0 Å². The largest absolute Gasteiger partial charge is 0.325 e. The van der Waals surface area contributed by atoms with Gasteiger partial charge in [0.1, 0.15) is 0 Å². The maximum absolute atomic E-state index is 11.6. The van der Waals surface area contributed by atoms with Gasteiger partial charge in [0.15, 0.2) is 0 Å². The quantitative estimate of drug-likeness (QED) is 0.648. The van der Waals surface area contributed by atoms with Gasteiger partial charge < -0.3 is 10.6 Å². The van der Waals surface area contributed by atoms with Gasteiger partial charge in [0.25, 0.3) is 0 Å². The number of amides is 1. The number of carbonyl (C=O) groups excluding carboxylic acids is 1. The molecule has 1 aromatic rings. The summed E-state index contributed by atoms with van der Waals surface area (Å²) in [5.74, 6) is -0.0482. The fraction of sp³-hybridized carbons (Fsp3) is 0.308. The van der Waals surface area contributed by atoms with Gasteiger partial charge in [0, 0.05) is 16.7 Å². The Kier molecular flexibility index (Phi) is 5.38. The summed E-state index contributed by atoms with van der Waals surface area (Å²) in [5.41, 5.74) is 3.05. The molecule has 0 saturated heterocycles. The third-order valence-electron chi connectivity index (χ3n) is 2.29. The Morgan fingerprint density at radius 1 is 1.41 bits per heavy atom. The average molecular weight is 297 g/mol. The zero-order valence-corrected chi connectivity index (χ0v) is 11.7. The van der Waals surface area contributed by atoms with E-state index >= 15 is 0 Å². The van der Waals surface area contributed by atoms with Crippen molar-refractivity contribution in [3.8, 4) is 0 Å². The number of carbonyl (C=O) groups is 1. The number of aryl methyl sites for hydroxylation is 2. The van der Waals surface area contributed by atoms with Crippen LogP contribution in [0.2, 0.25) is 0 Å². The van der Waals surface area contributed by atoms with Gasteiger partial charge in [-0.1, -0.05) is 22.0 Å². The highest BCUT2D eigenvalue weighted by molar-refractivity contribution is 9.10. The van der Waals surface area contributed by atoms with E-state index in [9.17, 15) is 4.79 Å². The molecule has 1 rings (SSSR count). The van der Waals surface area contributed by atoms with Gasteiger partial charge in [-0.05, 0) is 37.1 Å². The summed E-state index contributed by atoms with van der Waals surface area (Å²) in [5, 5.41) is 5.81. The number of rotatable bonds is 5. The molecule has 17 heavy (non-hydrogen) atoms. The molecule has 0 bridgehead atoms. The normalized spacial score (nSPS) is 10.1. The first kappa shape index (κ1) is 13.9. The van der Waals surface area contributed by atoms with Crippen molar-refractivity contribution in [2.75, 3.05) is 18.4 Å². The minimum Gasteiger partial charge on any atom is -0.325 e. The van der Waals surface area contributed by atoms with E-state index in [1.54, 1.807) is 6.08 Å². The molecule has 2 N–H and O–H groups in total. The monoisotopic (exact) mass is 296 g/mol. The second-order valence-corrected chi connectivity index (χ2v) is 4.68. The highest BCUT2D eigenvalue weighted by Gasteiger charge is 2.05. The SMILES string of the molecule is C=CCNCC(=O)Nc1cc(C)c(Br)c(C)c1. The third kappa shape index (κ3) is 4.32.